The highest BCUT2D eigenvalue weighted by Gasteiger charge is 2.43. The Hall–Kier alpha value is -0.160. The van der Waals surface area contributed by atoms with Crippen LogP contribution in [0.3, 0.4) is 0 Å². The van der Waals surface area contributed by atoms with E-state index in [2.05, 4.69) is 5.48 Å². The minimum Gasteiger partial charge on any atom is -0.389 e. The first kappa shape index (κ1) is 6.54. The van der Waals surface area contributed by atoms with Crippen molar-refractivity contribution >= 4 is 0 Å². The molecule has 2 heterocycles. The molecule has 2 bridgehead atoms. The molecule has 3 N–H and O–H groups in total. The van der Waals surface area contributed by atoms with Crippen LogP contribution in [0.15, 0.2) is 0 Å². The number of hydrogen-bond acceptors (Lipinski definition) is 4. The van der Waals surface area contributed by atoms with Crippen LogP contribution in [-0.2, 0) is 4.84 Å². The first-order valence-electron chi connectivity index (χ1n) is 3.56. The highest BCUT2D eigenvalue weighted by atomic mass is 16.7. The van der Waals surface area contributed by atoms with Crippen LogP contribution >= 0.6 is 0 Å². The zero-order valence-corrected chi connectivity index (χ0v) is 5.53. The van der Waals surface area contributed by atoms with Crippen LogP contribution < -0.4 is 5.48 Å². The van der Waals surface area contributed by atoms with Gasteiger partial charge in [0.25, 0.3) is 0 Å². The lowest BCUT2D eigenvalue weighted by molar-refractivity contribution is -0.221. The van der Waals surface area contributed by atoms with Gasteiger partial charge in [0.2, 0.25) is 0 Å². The van der Waals surface area contributed by atoms with E-state index in [-0.39, 0.29) is 12.1 Å². The molecular weight excluding hydrogens is 134 g/mol. The molecule has 4 nitrogen and oxygen atoms in total. The first-order valence-corrected chi connectivity index (χ1v) is 3.56. The molecule has 0 unspecified atom stereocenters. The topological polar surface area (TPSA) is 61.7 Å². The van der Waals surface area contributed by atoms with E-state index in [0.29, 0.717) is 0 Å². The number of nitrogens with one attached hydrogen (secondary N) is 1. The smallest absolute Gasteiger partial charge is 0.110 e. The lowest BCUT2D eigenvalue weighted by atomic mass is 9.87. The molecule has 0 radical (unpaired) electrons. The molecule has 0 aromatic heterocycles. The summed E-state index contributed by atoms with van der Waals surface area (Å²) in [5.41, 5.74) is 2.69. The van der Waals surface area contributed by atoms with Gasteiger partial charge in [0.15, 0.2) is 0 Å². The Morgan fingerprint density at radius 1 is 1.20 bits per heavy atom. The van der Waals surface area contributed by atoms with E-state index in [1.165, 1.54) is 0 Å². The summed E-state index contributed by atoms with van der Waals surface area (Å²) in [5, 5.41) is 18.5. The van der Waals surface area contributed by atoms with E-state index in [0.717, 1.165) is 12.8 Å². The van der Waals surface area contributed by atoms with Crippen molar-refractivity contribution in [2.24, 2.45) is 0 Å². The van der Waals surface area contributed by atoms with Crippen molar-refractivity contribution in [1.82, 2.24) is 5.48 Å². The zero-order valence-electron chi connectivity index (χ0n) is 5.53. The fourth-order valence-corrected chi connectivity index (χ4v) is 1.58. The maximum absolute atomic E-state index is 9.28. The Labute approximate surface area is 58.8 Å². The molecule has 0 aromatic carbocycles. The van der Waals surface area contributed by atoms with Crippen molar-refractivity contribution in [3.8, 4) is 0 Å². The van der Waals surface area contributed by atoms with Gasteiger partial charge in [0.1, 0.15) is 18.3 Å². The Morgan fingerprint density at radius 2 is 2.00 bits per heavy atom. The Balaban J connectivity index is 2.13. The molecule has 1 saturated carbocycles. The number of fused-ring (bicyclic) bond motifs is 3. The monoisotopic (exact) mass is 145 g/mol. The van der Waals surface area contributed by atoms with Crippen molar-refractivity contribution in [3.05, 3.63) is 0 Å². The molecule has 0 amide bonds. The maximum Gasteiger partial charge on any atom is 0.110 e. The average molecular weight is 145 g/mol. The van der Waals surface area contributed by atoms with Crippen LogP contribution in [0.4, 0.5) is 0 Å². The van der Waals surface area contributed by atoms with Gasteiger partial charge in [-0.05, 0) is 12.8 Å². The van der Waals surface area contributed by atoms with E-state index in [4.69, 9.17) is 4.84 Å². The Morgan fingerprint density at radius 3 is 2.30 bits per heavy atom. The summed E-state index contributed by atoms with van der Waals surface area (Å²) in [6.45, 7) is 0. The molecule has 4 atom stereocenters. The molecular formula is C6H11NO3. The fraction of sp³-hybridized carbons (Fsp3) is 1.00. The summed E-state index contributed by atoms with van der Waals surface area (Å²) < 4.78 is 0. The normalized spacial score (nSPS) is 53.4. The molecule has 58 valence electrons. The molecule has 0 spiro atoms. The molecule has 2 aliphatic heterocycles. The second-order valence-corrected chi connectivity index (χ2v) is 2.94. The standard InChI is InChI=1S/C6H11NO3/c8-5-3-1-2-4(6(5)9)10-7-3/h3-9H,1-2H2/t3-,4+,5+,6-/m0/s1. The number of rotatable bonds is 0. The zero-order chi connectivity index (χ0) is 7.14. The average Bonchev–Trinajstić information content (AvgIpc) is 2.00. The van der Waals surface area contributed by atoms with Crippen molar-refractivity contribution in [3.63, 3.8) is 0 Å². The molecule has 3 aliphatic rings. The molecule has 3 fully saturated rings. The third-order valence-electron chi connectivity index (χ3n) is 2.28. The van der Waals surface area contributed by atoms with E-state index in [9.17, 15) is 10.2 Å². The van der Waals surface area contributed by atoms with Crippen molar-refractivity contribution in [2.75, 3.05) is 0 Å². The van der Waals surface area contributed by atoms with E-state index >= 15 is 0 Å². The van der Waals surface area contributed by atoms with Crippen LogP contribution in [0.2, 0.25) is 0 Å². The van der Waals surface area contributed by atoms with Crippen LogP contribution in [0.25, 0.3) is 0 Å². The van der Waals surface area contributed by atoms with Crippen molar-refractivity contribution in [2.45, 2.75) is 37.2 Å². The highest BCUT2D eigenvalue weighted by molar-refractivity contribution is 4.93. The summed E-state index contributed by atoms with van der Waals surface area (Å²) in [7, 11) is 0. The number of aliphatic hydroxyl groups is 2. The van der Waals surface area contributed by atoms with Gasteiger partial charge in [-0.25, -0.2) is 0 Å². The Bertz CT molecular complexity index is 113. The van der Waals surface area contributed by atoms with Gasteiger partial charge in [-0.15, -0.1) is 0 Å². The van der Waals surface area contributed by atoms with Gasteiger partial charge in [0.05, 0.1) is 6.04 Å². The van der Waals surface area contributed by atoms with E-state index in [1.54, 1.807) is 0 Å². The maximum atomic E-state index is 9.28. The van der Waals surface area contributed by atoms with Crippen LogP contribution in [-0.4, -0.2) is 34.6 Å². The lowest BCUT2D eigenvalue weighted by Crippen LogP contribution is -2.62. The van der Waals surface area contributed by atoms with Gasteiger partial charge < -0.3 is 10.2 Å². The highest BCUT2D eigenvalue weighted by Crippen LogP contribution is 2.26. The second-order valence-electron chi connectivity index (χ2n) is 2.94. The lowest BCUT2D eigenvalue weighted by Gasteiger charge is -2.43. The molecule has 10 heavy (non-hydrogen) atoms. The summed E-state index contributed by atoms with van der Waals surface area (Å²) >= 11 is 0. The summed E-state index contributed by atoms with van der Waals surface area (Å²) in [4.78, 5) is 5.00. The summed E-state index contributed by atoms with van der Waals surface area (Å²) in [5.74, 6) is 0. The number of hydroxylamine groups is 1. The largest absolute Gasteiger partial charge is 0.389 e. The SMILES string of the molecule is O[C@@H]1[C@H](O)[C@@H]2CC[C@H]1ON2. The number of aliphatic hydroxyl groups excluding tert-OH is 2. The van der Waals surface area contributed by atoms with Crippen LogP contribution in [0, 0.1) is 0 Å². The predicted octanol–water partition coefficient (Wildman–Crippen LogP) is -1.23. The first-order chi connectivity index (χ1) is 4.79. The molecule has 4 heteroatoms. The van der Waals surface area contributed by atoms with Gasteiger partial charge in [-0.3, -0.25) is 4.84 Å². The quantitative estimate of drug-likeness (QED) is 0.399. The fourth-order valence-electron chi connectivity index (χ4n) is 1.58. The van der Waals surface area contributed by atoms with Gasteiger partial charge in [-0.2, -0.15) is 5.48 Å². The van der Waals surface area contributed by atoms with Gasteiger partial charge in [0, 0.05) is 0 Å². The predicted molar refractivity (Wildman–Crippen MR) is 33.0 cm³/mol. The van der Waals surface area contributed by atoms with Crippen molar-refractivity contribution in [1.29, 1.82) is 0 Å². The molecule has 1 aliphatic carbocycles. The molecule has 0 aromatic rings. The van der Waals surface area contributed by atoms with Gasteiger partial charge in [-0.1, -0.05) is 0 Å². The van der Waals surface area contributed by atoms with E-state index in [1.807, 2.05) is 0 Å². The summed E-state index contributed by atoms with van der Waals surface area (Å²) in [6.07, 6.45) is 0.186. The Kier molecular flexibility index (Phi) is 1.42. The second kappa shape index (κ2) is 2.17. The number of hydrogen-bond donors (Lipinski definition) is 3. The minimum atomic E-state index is -0.694. The molecule has 3 rings (SSSR count). The van der Waals surface area contributed by atoms with Crippen LogP contribution in [0.5, 0.6) is 0 Å². The third kappa shape index (κ3) is 0.769. The van der Waals surface area contributed by atoms with E-state index < -0.39 is 12.2 Å². The van der Waals surface area contributed by atoms with Crippen LogP contribution in [0.1, 0.15) is 12.8 Å². The summed E-state index contributed by atoms with van der Waals surface area (Å²) in [6, 6.07) is -0.0694. The minimum absolute atomic E-state index is 0.0694. The van der Waals surface area contributed by atoms with Gasteiger partial charge >= 0.3 is 0 Å². The third-order valence-corrected chi connectivity index (χ3v) is 2.28. The van der Waals surface area contributed by atoms with Crippen molar-refractivity contribution < 1.29 is 15.1 Å². The molecule has 2 saturated heterocycles.